The van der Waals surface area contributed by atoms with E-state index in [9.17, 15) is 0 Å². The van der Waals surface area contributed by atoms with Crippen LogP contribution in [0.25, 0.3) is 0 Å². The number of nitrogens with zero attached hydrogens (tertiary/aromatic N) is 1. The van der Waals surface area contributed by atoms with Gasteiger partial charge in [-0.15, -0.1) is 12.4 Å². The predicted molar refractivity (Wildman–Crippen MR) is 49.6 cm³/mol. The van der Waals surface area contributed by atoms with Gasteiger partial charge in [-0.05, 0) is 0 Å². The van der Waals surface area contributed by atoms with Gasteiger partial charge in [0.15, 0.2) is 10.9 Å². The van der Waals surface area contributed by atoms with Gasteiger partial charge < -0.3 is 9.47 Å². The molecule has 1 aromatic rings. The van der Waals surface area contributed by atoms with Crippen LogP contribution in [-0.2, 0) is 0 Å². The molecule has 0 radical (unpaired) electrons. The molecule has 0 aliphatic carbocycles. The van der Waals surface area contributed by atoms with Crippen LogP contribution in [0.3, 0.4) is 0 Å². The van der Waals surface area contributed by atoms with Crippen LogP contribution in [0.1, 0.15) is 0 Å². The summed E-state index contributed by atoms with van der Waals surface area (Å²) in [6.07, 6.45) is 1.53. The highest BCUT2D eigenvalue weighted by atomic mass is 35.5. The fourth-order valence-corrected chi connectivity index (χ4v) is 0.845. The SMILES string of the molecule is COc1cnc(Cl)c(OC)c1.Cl. The average molecular weight is 210 g/mol. The van der Waals surface area contributed by atoms with Crippen molar-refractivity contribution in [2.24, 2.45) is 0 Å². The third-order valence-corrected chi connectivity index (χ3v) is 1.52. The highest BCUT2D eigenvalue weighted by molar-refractivity contribution is 6.30. The normalized spacial score (nSPS) is 8.58. The molecule has 1 aromatic heterocycles. The molecule has 0 bridgehead atoms. The van der Waals surface area contributed by atoms with Gasteiger partial charge in [0.2, 0.25) is 0 Å². The Balaban J connectivity index is 0.00000121. The first-order valence-corrected chi connectivity index (χ1v) is 3.39. The van der Waals surface area contributed by atoms with Gasteiger partial charge in [0.05, 0.1) is 20.4 Å². The van der Waals surface area contributed by atoms with Crippen LogP contribution in [0.4, 0.5) is 0 Å². The molecular weight excluding hydrogens is 201 g/mol. The van der Waals surface area contributed by atoms with Gasteiger partial charge >= 0.3 is 0 Å². The van der Waals surface area contributed by atoms with Gasteiger partial charge in [-0.1, -0.05) is 11.6 Å². The summed E-state index contributed by atoms with van der Waals surface area (Å²) in [4.78, 5) is 3.84. The van der Waals surface area contributed by atoms with Gasteiger partial charge in [0.25, 0.3) is 0 Å². The van der Waals surface area contributed by atoms with E-state index in [1.165, 1.54) is 13.3 Å². The Morgan fingerprint density at radius 1 is 1.33 bits per heavy atom. The highest BCUT2D eigenvalue weighted by Gasteiger charge is 2.02. The number of hydrogen-bond donors (Lipinski definition) is 0. The zero-order chi connectivity index (χ0) is 8.27. The lowest BCUT2D eigenvalue weighted by Crippen LogP contribution is -1.89. The Labute approximate surface area is 82.1 Å². The minimum Gasteiger partial charge on any atom is -0.495 e. The average Bonchev–Trinajstić information content (AvgIpc) is 2.05. The Morgan fingerprint density at radius 3 is 2.50 bits per heavy atom. The number of hydrogen-bond acceptors (Lipinski definition) is 3. The summed E-state index contributed by atoms with van der Waals surface area (Å²) < 4.78 is 9.82. The summed E-state index contributed by atoms with van der Waals surface area (Å²) >= 11 is 5.66. The summed E-state index contributed by atoms with van der Waals surface area (Å²) in [6.45, 7) is 0. The van der Waals surface area contributed by atoms with Crippen molar-refractivity contribution in [3.8, 4) is 11.5 Å². The summed E-state index contributed by atoms with van der Waals surface area (Å²) in [6, 6.07) is 1.68. The van der Waals surface area contributed by atoms with Gasteiger partial charge in [-0.2, -0.15) is 0 Å². The van der Waals surface area contributed by atoms with Crippen LogP contribution in [0, 0.1) is 0 Å². The molecular formula is C7H9Cl2NO2. The van der Waals surface area contributed by atoms with E-state index in [1.807, 2.05) is 0 Å². The minimum atomic E-state index is 0. The van der Waals surface area contributed by atoms with Crippen LogP contribution < -0.4 is 9.47 Å². The molecule has 12 heavy (non-hydrogen) atoms. The summed E-state index contributed by atoms with van der Waals surface area (Å²) in [7, 11) is 3.09. The molecule has 0 saturated carbocycles. The first kappa shape index (κ1) is 11.3. The molecule has 0 unspecified atom stereocenters. The fraction of sp³-hybridized carbons (Fsp3) is 0.286. The van der Waals surface area contributed by atoms with Gasteiger partial charge in [-0.3, -0.25) is 0 Å². The maximum atomic E-state index is 5.66. The zero-order valence-electron chi connectivity index (χ0n) is 6.70. The van der Waals surface area contributed by atoms with Crippen LogP contribution >= 0.6 is 24.0 Å². The van der Waals surface area contributed by atoms with Crippen LogP contribution in [0.15, 0.2) is 12.3 Å². The number of pyridine rings is 1. The number of aromatic nitrogens is 1. The molecule has 1 heterocycles. The lowest BCUT2D eigenvalue weighted by molar-refractivity contribution is 0.391. The molecule has 0 atom stereocenters. The molecule has 0 saturated heterocycles. The fourth-order valence-electron chi connectivity index (χ4n) is 0.665. The first-order chi connectivity index (χ1) is 5.27. The Kier molecular flexibility index (Phi) is 4.78. The molecule has 0 aliphatic rings. The predicted octanol–water partition coefficient (Wildman–Crippen LogP) is 2.17. The van der Waals surface area contributed by atoms with Crippen molar-refractivity contribution in [1.29, 1.82) is 0 Å². The van der Waals surface area contributed by atoms with E-state index in [-0.39, 0.29) is 12.4 Å². The summed E-state index contributed by atoms with van der Waals surface area (Å²) in [5, 5.41) is 0.341. The number of rotatable bonds is 2. The van der Waals surface area contributed by atoms with Crippen molar-refractivity contribution in [3.63, 3.8) is 0 Å². The summed E-state index contributed by atoms with van der Waals surface area (Å²) in [5.74, 6) is 1.15. The number of methoxy groups -OCH3 is 2. The topological polar surface area (TPSA) is 31.4 Å². The van der Waals surface area contributed by atoms with Crippen molar-refractivity contribution >= 4 is 24.0 Å². The smallest absolute Gasteiger partial charge is 0.171 e. The standard InChI is InChI=1S/C7H8ClNO2.ClH/c1-10-5-3-6(11-2)7(8)9-4-5;/h3-4H,1-2H3;1H. The molecule has 5 heteroatoms. The van der Waals surface area contributed by atoms with E-state index in [0.717, 1.165) is 0 Å². The van der Waals surface area contributed by atoms with E-state index in [0.29, 0.717) is 16.7 Å². The van der Waals surface area contributed by atoms with Crippen LogP contribution in [0.5, 0.6) is 11.5 Å². The third kappa shape index (κ3) is 2.43. The quantitative estimate of drug-likeness (QED) is 0.701. The molecule has 0 amide bonds. The second-order valence-corrected chi connectivity index (χ2v) is 2.23. The van der Waals surface area contributed by atoms with E-state index in [4.69, 9.17) is 21.1 Å². The molecule has 0 fully saturated rings. The highest BCUT2D eigenvalue weighted by Crippen LogP contribution is 2.25. The van der Waals surface area contributed by atoms with Crippen molar-refractivity contribution in [2.75, 3.05) is 14.2 Å². The largest absolute Gasteiger partial charge is 0.495 e. The molecule has 0 aromatic carbocycles. The van der Waals surface area contributed by atoms with Crippen LogP contribution in [-0.4, -0.2) is 19.2 Å². The Morgan fingerprint density at radius 2 is 2.00 bits per heavy atom. The zero-order valence-corrected chi connectivity index (χ0v) is 8.28. The van der Waals surface area contributed by atoms with E-state index in [1.54, 1.807) is 13.2 Å². The van der Waals surface area contributed by atoms with E-state index < -0.39 is 0 Å². The monoisotopic (exact) mass is 209 g/mol. The number of halogens is 2. The third-order valence-electron chi connectivity index (χ3n) is 1.24. The molecule has 0 aliphatic heterocycles. The summed E-state index contributed by atoms with van der Waals surface area (Å²) in [5.41, 5.74) is 0. The number of ether oxygens (including phenoxy) is 2. The molecule has 0 N–H and O–H groups in total. The minimum absolute atomic E-state index is 0. The van der Waals surface area contributed by atoms with Gasteiger partial charge in [0.1, 0.15) is 5.75 Å². The maximum absolute atomic E-state index is 5.66. The van der Waals surface area contributed by atoms with Crippen molar-refractivity contribution in [1.82, 2.24) is 4.98 Å². The Hall–Kier alpha value is -0.670. The molecule has 1 rings (SSSR count). The second kappa shape index (κ2) is 5.06. The lowest BCUT2D eigenvalue weighted by atomic mass is 10.4. The lowest BCUT2D eigenvalue weighted by Gasteiger charge is -2.03. The van der Waals surface area contributed by atoms with Gasteiger partial charge in [-0.25, -0.2) is 4.98 Å². The van der Waals surface area contributed by atoms with Crippen molar-refractivity contribution < 1.29 is 9.47 Å². The van der Waals surface area contributed by atoms with E-state index >= 15 is 0 Å². The van der Waals surface area contributed by atoms with Crippen LogP contribution in [0.2, 0.25) is 5.15 Å². The van der Waals surface area contributed by atoms with Crippen molar-refractivity contribution in [2.45, 2.75) is 0 Å². The second-order valence-electron chi connectivity index (χ2n) is 1.87. The van der Waals surface area contributed by atoms with Crippen molar-refractivity contribution in [3.05, 3.63) is 17.4 Å². The molecule has 3 nitrogen and oxygen atoms in total. The first-order valence-electron chi connectivity index (χ1n) is 3.01. The molecule has 0 spiro atoms. The Bertz CT molecular complexity index is 255. The van der Waals surface area contributed by atoms with Gasteiger partial charge in [0, 0.05) is 6.07 Å². The molecule has 68 valence electrons. The van der Waals surface area contributed by atoms with E-state index in [2.05, 4.69) is 4.98 Å². The maximum Gasteiger partial charge on any atom is 0.171 e.